The molecular formula is C18H17N3O4S. The third-order valence-electron chi connectivity index (χ3n) is 3.54. The van der Waals surface area contributed by atoms with E-state index in [9.17, 15) is 13.2 Å². The zero-order chi connectivity index (χ0) is 18.6. The lowest BCUT2D eigenvalue weighted by atomic mass is 10.2. The normalized spacial score (nSPS) is 11.1. The van der Waals surface area contributed by atoms with Crippen LogP contribution in [0.15, 0.2) is 76.2 Å². The average Bonchev–Trinajstić information content (AvgIpc) is 3.15. The summed E-state index contributed by atoms with van der Waals surface area (Å²) in [5, 5.41) is 5.58. The number of nitrogens with one attached hydrogen (secondary N) is 3. The fraction of sp³-hybridized carbons (Fsp3) is 0.0556. The summed E-state index contributed by atoms with van der Waals surface area (Å²) in [5.41, 5.74) is 2.38. The molecule has 0 atom stereocenters. The highest BCUT2D eigenvalue weighted by Crippen LogP contribution is 2.20. The number of sulfonamides is 1. The maximum absolute atomic E-state index is 12.2. The summed E-state index contributed by atoms with van der Waals surface area (Å²) in [5.74, 6) is -0.628. The van der Waals surface area contributed by atoms with Crippen LogP contribution in [0, 0.1) is 0 Å². The van der Waals surface area contributed by atoms with Gasteiger partial charge in [-0.05, 0) is 55.6 Å². The number of carbonyl (C=O) groups excluding carboxylic acids is 1. The lowest BCUT2D eigenvalue weighted by molar-refractivity contribution is 0.0991. The van der Waals surface area contributed by atoms with E-state index in [4.69, 9.17) is 4.42 Å². The molecule has 1 amide bonds. The Morgan fingerprint density at radius 2 is 1.46 bits per heavy atom. The van der Waals surface area contributed by atoms with E-state index in [2.05, 4.69) is 15.4 Å². The predicted molar refractivity (Wildman–Crippen MR) is 99.1 cm³/mol. The van der Waals surface area contributed by atoms with Crippen molar-refractivity contribution in [3.63, 3.8) is 0 Å². The highest BCUT2D eigenvalue weighted by atomic mass is 32.2. The van der Waals surface area contributed by atoms with E-state index in [0.29, 0.717) is 5.69 Å². The Morgan fingerprint density at radius 1 is 0.846 bits per heavy atom. The number of amides is 1. The molecule has 1 aromatic heterocycles. The topological polar surface area (TPSA) is 100 Å². The van der Waals surface area contributed by atoms with E-state index in [-0.39, 0.29) is 10.9 Å². The molecule has 2 aromatic carbocycles. The number of hydrogen-bond acceptors (Lipinski definition) is 5. The van der Waals surface area contributed by atoms with Gasteiger partial charge in [-0.3, -0.25) is 4.79 Å². The van der Waals surface area contributed by atoms with Crippen LogP contribution >= 0.6 is 0 Å². The smallest absolute Gasteiger partial charge is 0.291 e. The number of rotatable bonds is 6. The predicted octanol–water partition coefficient (Wildman–Crippen LogP) is 3.18. The first-order valence-electron chi connectivity index (χ1n) is 7.75. The molecule has 0 aliphatic carbocycles. The van der Waals surface area contributed by atoms with Gasteiger partial charge in [-0.1, -0.05) is 18.2 Å². The highest BCUT2D eigenvalue weighted by molar-refractivity contribution is 7.89. The van der Waals surface area contributed by atoms with Crippen molar-refractivity contribution >= 4 is 33.0 Å². The van der Waals surface area contributed by atoms with Gasteiger partial charge in [0.25, 0.3) is 15.9 Å². The van der Waals surface area contributed by atoms with Crippen LogP contribution in [0.3, 0.4) is 0 Å². The van der Waals surface area contributed by atoms with E-state index in [0.717, 1.165) is 11.4 Å². The van der Waals surface area contributed by atoms with Crippen molar-refractivity contribution in [2.45, 2.75) is 5.09 Å². The third-order valence-corrected chi connectivity index (χ3v) is 4.83. The van der Waals surface area contributed by atoms with Gasteiger partial charge in [-0.2, -0.15) is 0 Å². The van der Waals surface area contributed by atoms with Gasteiger partial charge in [-0.25, -0.2) is 13.1 Å². The van der Waals surface area contributed by atoms with Crippen molar-refractivity contribution in [1.82, 2.24) is 4.72 Å². The Hall–Kier alpha value is -3.10. The lowest BCUT2D eigenvalue weighted by Gasteiger charge is -2.08. The molecular weight excluding hydrogens is 354 g/mol. The van der Waals surface area contributed by atoms with Gasteiger partial charge >= 0.3 is 0 Å². The Labute approximate surface area is 151 Å². The van der Waals surface area contributed by atoms with Gasteiger partial charge in [0.15, 0.2) is 5.76 Å². The van der Waals surface area contributed by atoms with Crippen molar-refractivity contribution < 1.29 is 17.6 Å². The van der Waals surface area contributed by atoms with Crippen LogP contribution in [-0.2, 0) is 10.0 Å². The first-order chi connectivity index (χ1) is 12.5. The summed E-state index contributed by atoms with van der Waals surface area (Å²) in [6, 6.07) is 19.3. The molecule has 7 nitrogen and oxygen atoms in total. The molecule has 0 bridgehead atoms. The van der Waals surface area contributed by atoms with Crippen molar-refractivity contribution in [2.24, 2.45) is 0 Å². The van der Waals surface area contributed by atoms with Gasteiger partial charge < -0.3 is 15.1 Å². The largest absolute Gasteiger partial charge is 0.438 e. The maximum atomic E-state index is 12.2. The molecule has 134 valence electrons. The number of carbonyl (C=O) groups is 1. The molecule has 3 aromatic rings. The van der Waals surface area contributed by atoms with Crippen LogP contribution in [-0.4, -0.2) is 21.4 Å². The lowest BCUT2D eigenvalue weighted by Crippen LogP contribution is -2.18. The molecule has 0 unspecified atom stereocenters. The van der Waals surface area contributed by atoms with Crippen molar-refractivity contribution in [1.29, 1.82) is 0 Å². The number of hydrogen-bond donors (Lipinski definition) is 3. The van der Waals surface area contributed by atoms with Crippen molar-refractivity contribution in [3.05, 3.63) is 72.5 Å². The van der Waals surface area contributed by atoms with Crippen LogP contribution in [0.4, 0.5) is 17.1 Å². The molecule has 3 rings (SSSR count). The minimum Gasteiger partial charge on any atom is -0.438 e. The quantitative estimate of drug-likeness (QED) is 0.618. The third kappa shape index (κ3) is 4.11. The monoisotopic (exact) mass is 371 g/mol. The molecule has 1 heterocycles. The summed E-state index contributed by atoms with van der Waals surface area (Å²) < 4.78 is 30.5. The molecule has 0 spiro atoms. The van der Waals surface area contributed by atoms with Crippen LogP contribution in [0.5, 0.6) is 0 Å². The SMILES string of the molecule is CNS(=O)(=O)c1ccc(C(=O)Nc2ccc(Nc3ccccc3)cc2)o1. The number of para-hydroxylation sites is 1. The van der Waals surface area contributed by atoms with E-state index in [1.807, 2.05) is 42.5 Å². The second kappa shape index (κ2) is 7.42. The molecule has 0 radical (unpaired) electrons. The summed E-state index contributed by atoms with van der Waals surface area (Å²) in [4.78, 5) is 12.2. The van der Waals surface area contributed by atoms with Gasteiger partial charge in [0.2, 0.25) is 5.09 Å². The fourth-order valence-corrected chi connectivity index (χ4v) is 2.85. The number of anilines is 3. The van der Waals surface area contributed by atoms with Crippen LogP contribution in [0.25, 0.3) is 0 Å². The maximum Gasteiger partial charge on any atom is 0.291 e. The standard InChI is InChI=1S/C18H17N3O4S/c1-19-26(23,24)17-12-11-16(25-17)18(22)21-15-9-7-14(8-10-15)20-13-5-3-2-4-6-13/h2-12,19-20H,1H3,(H,21,22). The molecule has 0 saturated carbocycles. The fourth-order valence-electron chi connectivity index (χ4n) is 2.20. The second-order valence-corrected chi connectivity index (χ2v) is 7.17. The van der Waals surface area contributed by atoms with E-state index in [1.165, 1.54) is 19.2 Å². The molecule has 0 saturated heterocycles. The van der Waals surface area contributed by atoms with Gasteiger partial charge in [-0.15, -0.1) is 0 Å². The second-order valence-electron chi connectivity index (χ2n) is 5.35. The van der Waals surface area contributed by atoms with Crippen molar-refractivity contribution in [3.8, 4) is 0 Å². The summed E-state index contributed by atoms with van der Waals surface area (Å²) in [7, 11) is -2.46. The summed E-state index contributed by atoms with van der Waals surface area (Å²) in [6.45, 7) is 0. The zero-order valence-electron chi connectivity index (χ0n) is 13.9. The van der Waals surface area contributed by atoms with E-state index < -0.39 is 15.9 Å². The molecule has 26 heavy (non-hydrogen) atoms. The highest BCUT2D eigenvalue weighted by Gasteiger charge is 2.19. The van der Waals surface area contributed by atoms with Crippen LogP contribution in [0.2, 0.25) is 0 Å². The van der Waals surface area contributed by atoms with Crippen LogP contribution in [0.1, 0.15) is 10.6 Å². The van der Waals surface area contributed by atoms with Gasteiger partial charge in [0, 0.05) is 17.1 Å². The first-order valence-corrected chi connectivity index (χ1v) is 9.23. The minimum atomic E-state index is -3.72. The van der Waals surface area contributed by atoms with Crippen molar-refractivity contribution in [2.75, 3.05) is 17.7 Å². The van der Waals surface area contributed by atoms with E-state index in [1.54, 1.807) is 12.1 Å². The van der Waals surface area contributed by atoms with Gasteiger partial charge in [0.05, 0.1) is 0 Å². The molecule has 0 aliphatic heterocycles. The Balaban J connectivity index is 1.66. The Kier molecular flexibility index (Phi) is 5.06. The van der Waals surface area contributed by atoms with Gasteiger partial charge in [0.1, 0.15) is 0 Å². The van der Waals surface area contributed by atoms with Crippen LogP contribution < -0.4 is 15.4 Å². The summed E-state index contributed by atoms with van der Waals surface area (Å²) in [6.07, 6.45) is 0. The zero-order valence-corrected chi connectivity index (χ0v) is 14.7. The summed E-state index contributed by atoms with van der Waals surface area (Å²) >= 11 is 0. The van der Waals surface area contributed by atoms with E-state index >= 15 is 0 Å². The Bertz CT molecular complexity index is 996. The molecule has 8 heteroatoms. The average molecular weight is 371 g/mol. The minimum absolute atomic E-state index is 0.0923. The first kappa shape index (κ1) is 17.7. The number of furan rings is 1. The molecule has 0 fully saturated rings. The molecule has 0 aliphatic rings. The number of benzene rings is 2. The Morgan fingerprint density at radius 3 is 2.12 bits per heavy atom. The molecule has 3 N–H and O–H groups in total.